The molecule has 3 N–H and O–H groups in total. The molecule has 0 amide bonds. The van der Waals surface area contributed by atoms with Gasteiger partial charge in [0, 0.05) is 6.04 Å². The van der Waals surface area contributed by atoms with Crippen molar-refractivity contribution in [1.82, 2.24) is 10.6 Å². The lowest BCUT2D eigenvalue weighted by Gasteiger charge is -2.37. The van der Waals surface area contributed by atoms with Crippen molar-refractivity contribution in [2.45, 2.75) is 37.3 Å². The summed E-state index contributed by atoms with van der Waals surface area (Å²) in [4.78, 5) is 0. The van der Waals surface area contributed by atoms with Gasteiger partial charge in [-0.3, -0.25) is 0 Å². The molecular weight excluding hydrogens is 152 g/mol. The van der Waals surface area contributed by atoms with Crippen molar-refractivity contribution in [3.8, 4) is 0 Å². The van der Waals surface area contributed by atoms with Crippen LogP contribution >= 0.6 is 0 Å². The zero-order valence-electron chi connectivity index (χ0n) is 7.47. The summed E-state index contributed by atoms with van der Waals surface area (Å²) in [6, 6.07) is 0.361. The molecule has 0 aromatic rings. The van der Waals surface area contributed by atoms with Crippen LogP contribution in [0, 0.1) is 0 Å². The maximum atomic E-state index is 10.3. The van der Waals surface area contributed by atoms with E-state index in [2.05, 4.69) is 10.6 Å². The molecule has 2 saturated heterocycles. The SMILES string of the molecule is OC1(C2CCCN2)CCNCC1. The highest BCUT2D eigenvalue weighted by Gasteiger charge is 2.38. The van der Waals surface area contributed by atoms with Crippen LogP contribution < -0.4 is 10.6 Å². The molecule has 0 spiro atoms. The average Bonchev–Trinajstić information content (AvgIpc) is 2.58. The summed E-state index contributed by atoms with van der Waals surface area (Å²) in [5.74, 6) is 0. The number of hydrogen-bond acceptors (Lipinski definition) is 3. The van der Waals surface area contributed by atoms with Crippen molar-refractivity contribution in [2.24, 2.45) is 0 Å². The summed E-state index contributed by atoms with van der Waals surface area (Å²) >= 11 is 0. The lowest BCUT2D eigenvalue weighted by molar-refractivity contribution is -0.0191. The fourth-order valence-corrected chi connectivity index (χ4v) is 2.35. The Bertz CT molecular complexity index is 149. The van der Waals surface area contributed by atoms with Gasteiger partial charge in [-0.05, 0) is 45.3 Å². The van der Waals surface area contributed by atoms with Crippen LogP contribution in [0.2, 0.25) is 0 Å². The monoisotopic (exact) mass is 170 g/mol. The third-order valence-corrected chi connectivity index (χ3v) is 3.18. The number of hydrogen-bond donors (Lipinski definition) is 3. The third kappa shape index (κ3) is 1.49. The molecule has 3 nitrogen and oxygen atoms in total. The molecule has 2 rings (SSSR count). The Hall–Kier alpha value is -0.120. The Kier molecular flexibility index (Phi) is 2.35. The molecule has 2 aliphatic rings. The predicted molar refractivity (Wildman–Crippen MR) is 48.1 cm³/mol. The molecule has 0 radical (unpaired) electrons. The van der Waals surface area contributed by atoms with E-state index in [1.54, 1.807) is 0 Å². The average molecular weight is 170 g/mol. The first-order valence-electron chi connectivity index (χ1n) is 4.98. The highest BCUT2D eigenvalue weighted by Crippen LogP contribution is 2.27. The molecule has 70 valence electrons. The third-order valence-electron chi connectivity index (χ3n) is 3.18. The molecule has 2 aliphatic heterocycles. The Labute approximate surface area is 73.5 Å². The zero-order valence-corrected chi connectivity index (χ0v) is 7.47. The van der Waals surface area contributed by atoms with Crippen molar-refractivity contribution in [3.05, 3.63) is 0 Å². The smallest absolute Gasteiger partial charge is 0.0824 e. The van der Waals surface area contributed by atoms with Crippen LogP contribution in [-0.4, -0.2) is 36.4 Å². The van der Waals surface area contributed by atoms with Crippen LogP contribution in [0.1, 0.15) is 25.7 Å². The number of piperidine rings is 1. The first kappa shape index (κ1) is 8.48. The van der Waals surface area contributed by atoms with E-state index >= 15 is 0 Å². The van der Waals surface area contributed by atoms with Crippen LogP contribution in [0.3, 0.4) is 0 Å². The van der Waals surface area contributed by atoms with E-state index in [1.807, 2.05) is 0 Å². The van der Waals surface area contributed by atoms with Gasteiger partial charge in [-0.1, -0.05) is 0 Å². The lowest BCUT2D eigenvalue weighted by Crippen LogP contribution is -2.53. The van der Waals surface area contributed by atoms with Crippen molar-refractivity contribution >= 4 is 0 Å². The van der Waals surface area contributed by atoms with E-state index in [9.17, 15) is 5.11 Å². The molecule has 0 bridgehead atoms. The number of rotatable bonds is 1. The van der Waals surface area contributed by atoms with E-state index < -0.39 is 5.60 Å². The fraction of sp³-hybridized carbons (Fsp3) is 1.00. The lowest BCUT2D eigenvalue weighted by atomic mass is 9.84. The van der Waals surface area contributed by atoms with Gasteiger partial charge in [0.2, 0.25) is 0 Å². The standard InChI is InChI=1S/C9H18N2O/c12-9(3-6-10-7-4-9)8-2-1-5-11-8/h8,10-12H,1-7H2. The molecule has 2 heterocycles. The minimum atomic E-state index is -0.415. The van der Waals surface area contributed by atoms with Gasteiger partial charge in [-0.15, -0.1) is 0 Å². The van der Waals surface area contributed by atoms with Crippen LogP contribution in [0.5, 0.6) is 0 Å². The van der Waals surface area contributed by atoms with Gasteiger partial charge in [-0.2, -0.15) is 0 Å². The van der Waals surface area contributed by atoms with E-state index in [4.69, 9.17) is 0 Å². The highest BCUT2D eigenvalue weighted by molar-refractivity contribution is 4.97. The Morgan fingerprint density at radius 2 is 1.92 bits per heavy atom. The van der Waals surface area contributed by atoms with Crippen LogP contribution in [0.4, 0.5) is 0 Å². The normalized spacial score (nSPS) is 35.2. The van der Waals surface area contributed by atoms with Crippen molar-refractivity contribution < 1.29 is 5.11 Å². The maximum absolute atomic E-state index is 10.3. The molecule has 0 aliphatic carbocycles. The first-order valence-corrected chi connectivity index (χ1v) is 4.98. The summed E-state index contributed by atoms with van der Waals surface area (Å²) in [7, 11) is 0. The molecular formula is C9H18N2O. The van der Waals surface area contributed by atoms with Crippen LogP contribution in [0.15, 0.2) is 0 Å². The molecule has 1 atom stereocenters. The maximum Gasteiger partial charge on any atom is 0.0824 e. The topological polar surface area (TPSA) is 44.3 Å². The molecule has 0 aromatic carbocycles. The summed E-state index contributed by atoms with van der Waals surface area (Å²) in [6.45, 7) is 3.02. The molecule has 3 heteroatoms. The number of nitrogens with one attached hydrogen (secondary N) is 2. The predicted octanol–water partition coefficient (Wildman–Crippen LogP) is -0.147. The van der Waals surface area contributed by atoms with Crippen molar-refractivity contribution in [2.75, 3.05) is 19.6 Å². The van der Waals surface area contributed by atoms with Crippen molar-refractivity contribution in [3.63, 3.8) is 0 Å². The van der Waals surface area contributed by atoms with Gasteiger partial charge in [0.25, 0.3) is 0 Å². The summed E-state index contributed by atoms with van der Waals surface area (Å²) < 4.78 is 0. The summed E-state index contributed by atoms with van der Waals surface area (Å²) in [6.07, 6.45) is 4.19. The quantitative estimate of drug-likeness (QED) is 0.513. The molecule has 1 unspecified atom stereocenters. The van der Waals surface area contributed by atoms with Gasteiger partial charge >= 0.3 is 0 Å². The van der Waals surface area contributed by atoms with Gasteiger partial charge in [0.15, 0.2) is 0 Å². The van der Waals surface area contributed by atoms with E-state index in [1.165, 1.54) is 6.42 Å². The van der Waals surface area contributed by atoms with Gasteiger partial charge < -0.3 is 15.7 Å². The van der Waals surface area contributed by atoms with Gasteiger partial charge in [0.05, 0.1) is 5.60 Å². The zero-order chi connectivity index (χ0) is 8.44. The Morgan fingerprint density at radius 1 is 1.17 bits per heavy atom. The summed E-state index contributed by atoms with van der Waals surface area (Å²) in [5, 5.41) is 16.9. The molecule has 0 saturated carbocycles. The van der Waals surface area contributed by atoms with E-state index in [0.29, 0.717) is 6.04 Å². The second-order valence-electron chi connectivity index (χ2n) is 4.00. The van der Waals surface area contributed by atoms with Gasteiger partial charge in [-0.25, -0.2) is 0 Å². The molecule has 12 heavy (non-hydrogen) atoms. The molecule has 2 fully saturated rings. The van der Waals surface area contributed by atoms with Crippen LogP contribution in [-0.2, 0) is 0 Å². The first-order chi connectivity index (χ1) is 5.81. The minimum Gasteiger partial charge on any atom is -0.388 e. The Morgan fingerprint density at radius 3 is 2.50 bits per heavy atom. The second kappa shape index (κ2) is 3.32. The van der Waals surface area contributed by atoms with Gasteiger partial charge in [0.1, 0.15) is 0 Å². The Balaban J connectivity index is 1.97. The van der Waals surface area contributed by atoms with E-state index in [0.717, 1.165) is 38.9 Å². The van der Waals surface area contributed by atoms with Crippen molar-refractivity contribution in [1.29, 1.82) is 0 Å². The number of aliphatic hydroxyl groups is 1. The fourth-order valence-electron chi connectivity index (χ4n) is 2.35. The van der Waals surface area contributed by atoms with Crippen LogP contribution in [0.25, 0.3) is 0 Å². The minimum absolute atomic E-state index is 0.361. The summed E-state index contributed by atoms with van der Waals surface area (Å²) in [5.41, 5.74) is -0.415. The second-order valence-corrected chi connectivity index (χ2v) is 4.00. The highest BCUT2D eigenvalue weighted by atomic mass is 16.3. The molecule has 0 aromatic heterocycles. The largest absolute Gasteiger partial charge is 0.388 e. The van der Waals surface area contributed by atoms with E-state index in [-0.39, 0.29) is 0 Å².